The summed E-state index contributed by atoms with van der Waals surface area (Å²) in [6.07, 6.45) is 0.723. The summed E-state index contributed by atoms with van der Waals surface area (Å²) in [4.78, 5) is 13.2. The van der Waals surface area contributed by atoms with Gasteiger partial charge in [-0.15, -0.1) is 0 Å². The fourth-order valence-electron chi connectivity index (χ4n) is 1.31. The van der Waals surface area contributed by atoms with Crippen molar-refractivity contribution >= 4 is 17.0 Å². The van der Waals surface area contributed by atoms with Crippen LogP contribution in [0.1, 0.15) is 12.8 Å². The molecule has 0 N–H and O–H groups in total. The van der Waals surface area contributed by atoms with E-state index in [0.29, 0.717) is 39.1 Å². The van der Waals surface area contributed by atoms with Gasteiger partial charge in [-0.1, -0.05) is 11.1 Å². The predicted octanol–water partition coefficient (Wildman–Crippen LogP) is -3.49. The quantitative estimate of drug-likeness (QED) is 0.379. The molecule has 0 aromatic heterocycles. The maximum Gasteiger partial charge on any atom is 1.00 e. The number of amides is 1. The Morgan fingerprint density at radius 1 is 1.40 bits per heavy atom. The average Bonchev–Trinajstić information content (AvgIpc) is 2.18. The zero-order chi connectivity index (χ0) is 10.4. The molecule has 1 atom stereocenters. The van der Waals surface area contributed by atoms with Crippen LogP contribution in [-0.4, -0.2) is 51.6 Å². The van der Waals surface area contributed by atoms with Gasteiger partial charge in [-0.2, -0.15) is 0 Å². The van der Waals surface area contributed by atoms with Crippen LogP contribution in [0.2, 0.25) is 0 Å². The van der Waals surface area contributed by atoms with E-state index in [-0.39, 0.29) is 41.2 Å². The molecular weight excluding hydrogens is 229 g/mol. The molecule has 0 saturated carbocycles. The summed E-state index contributed by atoms with van der Waals surface area (Å²) < 4.78 is 25.5. The molecule has 0 aromatic rings. The van der Waals surface area contributed by atoms with Crippen molar-refractivity contribution in [3.63, 3.8) is 0 Å². The number of rotatable bonds is 4. The van der Waals surface area contributed by atoms with Crippen molar-refractivity contribution in [3.05, 3.63) is 0 Å². The number of ether oxygens (including phenoxy) is 1. The first-order valence-corrected chi connectivity index (χ1v) is 5.86. The molecule has 7 heteroatoms. The summed E-state index contributed by atoms with van der Waals surface area (Å²) in [7, 11) is 0. The number of carbonyl (C=O) groups is 1. The minimum absolute atomic E-state index is 0. The van der Waals surface area contributed by atoms with Crippen molar-refractivity contribution in [2.24, 2.45) is 0 Å². The van der Waals surface area contributed by atoms with Crippen LogP contribution in [0.4, 0.5) is 0 Å². The Labute approximate surface area is 114 Å². The molecule has 0 aromatic carbocycles. The SMILES string of the molecule is O=C(CCCS(=O)[O-])N1CCOCC1.[Na+]. The zero-order valence-corrected chi connectivity index (χ0v) is 11.8. The molecular formula is C8H14NNaO4S. The van der Waals surface area contributed by atoms with Gasteiger partial charge in [0.2, 0.25) is 5.91 Å². The zero-order valence-electron chi connectivity index (χ0n) is 8.94. The van der Waals surface area contributed by atoms with Crippen LogP contribution in [0.3, 0.4) is 0 Å². The van der Waals surface area contributed by atoms with Crippen LogP contribution in [-0.2, 0) is 20.6 Å². The van der Waals surface area contributed by atoms with Crippen molar-refractivity contribution in [1.82, 2.24) is 4.90 Å². The molecule has 0 aliphatic carbocycles. The normalized spacial score (nSPS) is 18.1. The first-order valence-electron chi connectivity index (χ1n) is 4.61. The van der Waals surface area contributed by atoms with Gasteiger partial charge < -0.3 is 14.2 Å². The van der Waals surface area contributed by atoms with Gasteiger partial charge in [0.05, 0.1) is 13.2 Å². The minimum Gasteiger partial charge on any atom is -0.772 e. The second-order valence-electron chi connectivity index (χ2n) is 3.10. The molecule has 1 unspecified atom stereocenters. The molecule has 1 aliphatic rings. The van der Waals surface area contributed by atoms with Crippen molar-refractivity contribution in [1.29, 1.82) is 0 Å². The Morgan fingerprint density at radius 3 is 2.53 bits per heavy atom. The van der Waals surface area contributed by atoms with Crippen LogP contribution in [0.5, 0.6) is 0 Å². The van der Waals surface area contributed by atoms with Gasteiger partial charge in [-0.05, 0) is 6.42 Å². The summed E-state index contributed by atoms with van der Waals surface area (Å²) in [5, 5.41) is 0. The van der Waals surface area contributed by atoms with E-state index in [1.807, 2.05) is 0 Å². The van der Waals surface area contributed by atoms with Crippen LogP contribution in [0.25, 0.3) is 0 Å². The molecule has 1 heterocycles. The summed E-state index contributed by atoms with van der Waals surface area (Å²) in [5.74, 6) is 0.0922. The maximum absolute atomic E-state index is 11.4. The summed E-state index contributed by atoms with van der Waals surface area (Å²) in [6.45, 7) is 2.41. The van der Waals surface area contributed by atoms with E-state index in [9.17, 15) is 13.6 Å². The molecule has 1 rings (SSSR count). The van der Waals surface area contributed by atoms with E-state index < -0.39 is 11.1 Å². The van der Waals surface area contributed by atoms with Gasteiger partial charge in [0.15, 0.2) is 0 Å². The third kappa shape index (κ3) is 6.65. The van der Waals surface area contributed by atoms with E-state index in [0.717, 1.165) is 0 Å². The van der Waals surface area contributed by atoms with Crippen LogP contribution in [0, 0.1) is 0 Å². The third-order valence-electron chi connectivity index (χ3n) is 2.07. The fourth-order valence-corrected chi connectivity index (χ4v) is 1.69. The first kappa shape index (κ1) is 15.5. The molecule has 5 nitrogen and oxygen atoms in total. The van der Waals surface area contributed by atoms with E-state index >= 15 is 0 Å². The third-order valence-corrected chi connectivity index (χ3v) is 2.69. The Bertz CT molecular complexity index is 221. The maximum atomic E-state index is 11.4. The molecule has 0 bridgehead atoms. The second-order valence-corrected chi connectivity index (χ2v) is 4.12. The Balaban J connectivity index is 0.00000196. The number of hydrogen-bond acceptors (Lipinski definition) is 4. The van der Waals surface area contributed by atoms with Gasteiger partial charge >= 0.3 is 29.6 Å². The molecule has 1 saturated heterocycles. The summed E-state index contributed by atoms with van der Waals surface area (Å²) >= 11 is -2.03. The molecule has 15 heavy (non-hydrogen) atoms. The molecule has 1 fully saturated rings. The van der Waals surface area contributed by atoms with Gasteiger partial charge in [0.1, 0.15) is 0 Å². The van der Waals surface area contributed by atoms with Crippen molar-refractivity contribution in [2.75, 3.05) is 32.1 Å². The van der Waals surface area contributed by atoms with Crippen LogP contribution in [0.15, 0.2) is 0 Å². The van der Waals surface area contributed by atoms with E-state index in [4.69, 9.17) is 4.74 Å². The molecule has 0 radical (unpaired) electrons. The number of hydrogen-bond donors (Lipinski definition) is 0. The minimum atomic E-state index is -2.03. The molecule has 82 valence electrons. The number of morpholine rings is 1. The molecule has 0 spiro atoms. The van der Waals surface area contributed by atoms with Crippen molar-refractivity contribution in [3.8, 4) is 0 Å². The average molecular weight is 243 g/mol. The standard InChI is InChI=1S/C8H15NO4S.Na/c10-8(2-1-7-14(11)12)9-3-5-13-6-4-9;/h1-7H2,(H,11,12);/q;+1/p-1. The smallest absolute Gasteiger partial charge is 0.772 e. The van der Waals surface area contributed by atoms with Crippen molar-refractivity contribution < 1.29 is 47.9 Å². The van der Waals surface area contributed by atoms with Gasteiger partial charge in [-0.3, -0.25) is 9.00 Å². The van der Waals surface area contributed by atoms with Gasteiger partial charge in [-0.25, -0.2) is 0 Å². The Morgan fingerprint density at radius 2 is 2.00 bits per heavy atom. The van der Waals surface area contributed by atoms with Crippen LogP contribution < -0.4 is 29.6 Å². The second kappa shape index (κ2) is 8.66. The number of nitrogens with zero attached hydrogens (tertiary/aromatic N) is 1. The predicted molar refractivity (Wildman–Crippen MR) is 50.4 cm³/mol. The Kier molecular flexibility index (Phi) is 8.98. The van der Waals surface area contributed by atoms with Gasteiger partial charge in [0, 0.05) is 25.3 Å². The number of carbonyl (C=O) groups excluding carboxylic acids is 1. The topological polar surface area (TPSA) is 69.7 Å². The van der Waals surface area contributed by atoms with E-state index in [1.165, 1.54) is 0 Å². The van der Waals surface area contributed by atoms with Gasteiger partial charge in [0.25, 0.3) is 0 Å². The van der Waals surface area contributed by atoms with E-state index in [1.54, 1.807) is 4.90 Å². The summed E-state index contributed by atoms with van der Waals surface area (Å²) in [5.41, 5.74) is 0. The summed E-state index contributed by atoms with van der Waals surface area (Å²) in [6, 6.07) is 0. The monoisotopic (exact) mass is 243 g/mol. The van der Waals surface area contributed by atoms with Crippen molar-refractivity contribution in [2.45, 2.75) is 12.8 Å². The van der Waals surface area contributed by atoms with Crippen LogP contribution >= 0.6 is 0 Å². The molecule has 1 aliphatic heterocycles. The largest absolute Gasteiger partial charge is 1.00 e. The molecule has 1 amide bonds. The Hall–Kier alpha value is 0.540. The van der Waals surface area contributed by atoms with E-state index in [2.05, 4.69) is 0 Å². The fraction of sp³-hybridized carbons (Fsp3) is 0.875. The first-order chi connectivity index (χ1) is 6.70.